The van der Waals surface area contributed by atoms with Gasteiger partial charge in [0.15, 0.2) is 17.1 Å². The first-order valence-corrected chi connectivity index (χ1v) is 4.78. The number of hydrogen-bond donors (Lipinski definition) is 2. The molecule has 1 aliphatic heterocycles. The number of nitrogens with one attached hydrogen (secondary N) is 2. The molecule has 1 heterocycles. The molecule has 0 saturated heterocycles. The molecule has 0 fully saturated rings. The molecule has 5 heteroatoms. The zero-order valence-electron chi connectivity index (χ0n) is 9.16. The van der Waals surface area contributed by atoms with Crippen molar-refractivity contribution in [3.05, 3.63) is 49.7 Å². The van der Waals surface area contributed by atoms with E-state index in [0.717, 1.165) is 18.2 Å². The number of carbonyl (C=O) groups excluding carboxylic acids is 3. The molecular weight excluding hydrogens is 220 g/mol. The molecule has 88 valence electrons. The van der Waals surface area contributed by atoms with E-state index in [0.29, 0.717) is 0 Å². The third-order valence-corrected chi connectivity index (χ3v) is 2.35. The first kappa shape index (κ1) is 12.8. The van der Waals surface area contributed by atoms with Gasteiger partial charge in [-0.15, -0.1) is 0 Å². The highest BCUT2D eigenvalue weighted by molar-refractivity contribution is 6.22. The highest BCUT2D eigenvalue weighted by Gasteiger charge is 2.45. The predicted octanol–water partition coefficient (Wildman–Crippen LogP) is -0.0178. The summed E-state index contributed by atoms with van der Waals surface area (Å²) in [6, 6.07) is 0. The summed E-state index contributed by atoms with van der Waals surface area (Å²) in [5, 5.41) is 0. The van der Waals surface area contributed by atoms with Gasteiger partial charge in [0.1, 0.15) is 0 Å². The molecule has 0 radical (unpaired) electrons. The summed E-state index contributed by atoms with van der Waals surface area (Å²) in [5.41, 5.74) is 3.41. The fraction of sp³-hybridized carbons (Fsp3) is 0.0833. The summed E-state index contributed by atoms with van der Waals surface area (Å²) in [7, 11) is 0. The maximum absolute atomic E-state index is 11.7. The van der Waals surface area contributed by atoms with Crippen LogP contribution in [0.3, 0.4) is 0 Å². The standard InChI is InChI=1S/C12H12N2O3/c1-4-9(15)8-7-12(14-13-8,10(16)5-2)11(17)6-3/h4-7,13-14H,1-3H2. The van der Waals surface area contributed by atoms with Gasteiger partial charge in [0.05, 0.1) is 5.70 Å². The molecule has 0 saturated carbocycles. The van der Waals surface area contributed by atoms with E-state index in [1.807, 2.05) is 0 Å². The second-order valence-corrected chi connectivity index (χ2v) is 3.32. The van der Waals surface area contributed by atoms with Crippen LogP contribution >= 0.6 is 0 Å². The molecule has 0 aromatic carbocycles. The third kappa shape index (κ3) is 2.00. The summed E-state index contributed by atoms with van der Waals surface area (Å²) in [6.07, 6.45) is 4.31. The lowest BCUT2D eigenvalue weighted by Crippen LogP contribution is -2.55. The number of hydrogen-bond acceptors (Lipinski definition) is 5. The Morgan fingerprint density at radius 2 is 1.59 bits per heavy atom. The van der Waals surface area contributed by atoms with Crippen LogP contribution in [0.15, 0.2) is 49.7 Å². The predicted molar refractivity (Wildman–Crippen MR) is 62.7 cm³/mol. The highest BCUT2D eigenvalue weighted by atomic mass is 16.2. The normalized spacial score (nSPS) is 16.4. The quantitative estimate of drug-likeness (QED) is 0.497. The zero-order chi connectivity index (χ0) is 13.1. The molecule has 0 atom stereocenters. The van der Waals surface area contributed by atoms with Gasteiger partial charge >= 0.3 is 0 Å². The van der Waals surface area contributed by atoms with Crippen molar-refractivity contribution in [2.24, 2.45) is 0 Å². The summed E-state index contributed by atoms with van der Waals surface area (Å²) < 4.78 is 0. The van der Waals surface area contributed by atoms with Gasteiger partial charge < -0.3 is 5.43 Å². The highest BCUT2D eigenvalue weighted by Crippen LogP contribution is 2.19. The lowest BCUT2D eigenvalue weighted by Gasteiger charge is -2.20. The Morgan fingerprint density at radius 1 is 1.06 bits per heavy atom. The first-order valence-electron chi connectivity index (χ1n) is 4.78. The van der Waals surface area contributed by atoms with Crippen molar-refractivity contribution in [1.82, 2.24) is 10.9 Å². The molecule has 1 aliphatic rings. The van der Waals surface area contributed by atoms with Crippen molar-refractivity contribution in [3.8, 4) is 0 Å². The molecule has 0 aliphatic carbocycles. The maximum Gasteiger partial charge on any atom is 0.202 e. The van der Waals surface area contributed by atoms with Gasteiger partial charge in [-0.3, -0.25) is 14.4 Å². The largest absolute Gasteiger partial charge is 0.317 e. The van der Waals surface area contributed by atoms with Gasteiger partial charge in [0.25, 0.3) is 0 Å². The average molecular weight is 232 g/mol. The molecule has 0 amide bonds. The first-order chi connectivity index (χ1) is 8.01. The molecule has 17 heavy (non-hydrogen) atoms. The fourth-order valence-corrected chi connectivity index (χ4v) is 1.41. The maximum atomic E-state index is 11.7. The molecule has 0 unspecified atom stereocenters. The molecule has 0 bridgehead atoms. The van der Waals surface area contributed by atoms with Crippen LogP contribution in [0, 0.1) is 0 Å². The fourth-order valence-electron chi connectivity index (χ4n) is 1.41. The van der Waals surface area contributed by atoms with Gasteiger partial charge in [-0.1, -0.05) is 19.7 Å². The number of carbonyl (C=O) groups is 3. The Balaban J connectivity index is 3.25. The summed E-state index contributed by atoms with van der Waals surface area (Å²) in [5.74, 6) is -1.56. The van der Waals surface area contributed by atoms with E-state index in [-0.39, 0.29) is 5.70 Å². The van der Waals surface area contributed by atoms with Crippen LogP contribution in [0.5, 0.6) is 0 Å². The van der Waals surface area contributed by atoms with Crippen LogP contribution < -0.4 is 10.9 Å². The second-order valence-electron chi connectivity index (χ2n) is 3.32. The molecule has 2 N–H and O–H groups in total. The van der Waals surface area contributed by atoms with Crippen molar-refractivity contribution in [2.45, 2.75) is 5.54 Å². The van der Waals surface area contributed by atoms with Gasteiger partial charge in [-0.05, 0) is 24.3 Å². The lowest BCUT2D eigenvalue weighted by molar-refractivity contribution is -0.128. The van der Waals surface area contributed by atoms with Crippen molar-refractivity contribution in [2.75, 3.05) is 0 Å². The molecule has 0 spiro atoms. The van der Waals surface area contributed by atoms with Crippen LogP contribution in [0.25, 0.3) is 0 Å². The van der Waals surface area contributed by atoms with Crippen molar-refractivity contribution in [1.29, 1.82) is 0 Å². The minimum atomic E-state index is -1.64. The van der Waals surface area contributed by atoms with E-state index < -0.39 is 22.9 Å². The van der Waals surface area contributed by atoms with Crippen molar-refractivity contribution in [3.63, 3.8) is 0 Å². The number of hydrazine groups is 1. The van der Waals surface area contributed by atoms with E-state index in [1.165, 1.54) is 6.08 Å². The topological polar surface area (TPSA) is 75.3 Å². The summed E-state index contributed by atoms with van der Waals surface area (Å²) in [6.45, 7) is 9.95. The molecular formula is C12H12N2O3. The van der Waals surface area contributed by atoms with E-state index in [9.17, 15) is 14.4 Å². The Morgan fingerprint density at radius 3 is 2.00 bits per heavy atom. The van der Waals surface area contributed by atoms with E-state index in [4.69, 9.17) is 0 Å². The Labute approximate surface area is 98.5 Å². The number of ketones is 3. The van der Waals surface area contributed by atoms with Crippen LogP contribution in [-0.2, 0) is 14.4 Å². The monoisotopic (exact) mass is 232 g/mol. The lowest BCUT2D eigenvalue weighted by atomic mass is 9.89. The Kier molecular flexibility index (Phi) is 3.55. The average Bonchev–Trinajstić information content (AvgIpc) is 2.82. The zero-order valence-corrected chi connectivity index (χ0v) is 9.16. The van der Waals surface area contributed by atoms with Crippen LogP contribution in [-0.4, -0.2) is 22.9 Å². The third-order valence-electron chi connectivity index (χ3n) is 2.35. The Bertz CT molecular complexity index is 440. The van der Waals surface area contributed by atoms with Crippen LogP contribution in [0.4, 0.5) is 0 Å². The SMILES string of the molecule is C=CC(=O)C1=CC(C(=O)C=C)(C(=O)C=C)NN1. The van der Waals surface area contributed by atoms with Gasteiger partial charge in [-0.2, -0.15) is 0 Å². The smallest absolute Gasteiger partial charge is 0.202 e. The summed E-state index contributed by atoms with van der Waals surface area (Å²) in [4.78, 5) is 34.8. The minimum absolute atomic E-state index is 0.0883. The molecule has 0 aromatic heterocycles. The van der Waals surface area contributed by atoms with Gasteiger partial charge in [0, 0.05) is 0 Å². The van der Waals surface area contributed by atoms with Gasteiger partial charge in [-0.25, -0.2) is 5.43 Å². The van der Waals surface area contributed by atoms with Crippen molar-refractivity contribution < 1.29 is 14.4 Å². The number of allylic oxidation sites excluding steroid dienone is 1. The van der Waals surface area contributed by atoms with Crippen molar-refractivity contribution >= 4 is 17.3 Å². The van der Waals surface area contributed by atoms with Crippen LogP contribution in [0.1, 0.15) is 0 Å². The van der Waals surface area contributed by atoms with E-state index in [1.54, 1.807) is 0 Å². The Hall–Kier alpha value is -2.27. The molecule has 0 aromatic rings. The summed E-state index contributed by atoms with van der Waals surface area (Å²) >= 11 is 0. The van der Waals surface area contributed by atoms with Gasteiger partial charge in [0.2, 0.25) is 5.78 Å². The number of rotatable bonds is 6. The second kappa shape index (κ2) is 4.71. The molecule has 1 rings (SSSR count). The molecule has 5 nitrogen and oxygen atoms in total. The van der Waals surface area contributed by atoms with E-state index in [2.05, 4.69) is 30.6 Å². The van der Waals surface area contributed by atoms with E-state index >= 15 is 0 Å². The van der Waals surface area contributed by atoms with Crippen LogP contribution in [0.2, 0.25) is 0 Å². The minimum Gasteiger partial charge on any atom is -0.317 e.